The second-order valence-electron chi connectivity index (χ2n) is 21.7. The summed E-state index contributed by atoms with van der Waals surface area (Å²) in [5.41, 5.74) is 1.77. The molecular weight excluding hydrogens is 1140 g/mol. The van der Waals surface area contributed by atoms with E-state index < -0.39 is 11.9 Å². The summed E-state index contributed by atoms with van der Waals surface area (Å²) >= 11 is 1.41. The predicted molar refractivity (Wildman–Crippen MR) is 374 cm³/mol. The predicted octanol–water partition coefficient (Wildman–Crippen LogP) is 18.3. The molecule has 3 aromatic carbocycles. The van der Waals surface area contributed by atoms with E-state index in [1.165, 1.54) is 30.6 Å². The highest BCUT2D eigenvalue weighted by Gasteiger charge is 2.24. The number of fused-ring (bicyclic) bond motifs is 1. The number of ketones is 1. The number of piperidine rings is 1. The number of rotatable bonds is 43. The topological polar surface area (TPSA) is 140 Å². The van der Waals surface area contributed by atoms with Crippen LogP contribution in [-0.2, 0) is 19.2 Å². The van der Waals surface area contributed by atoms with E-state index in [1.54, 1.807) is 48.5 Å². The molecule has 1 saturated heterocycles. The van der Waals surface area contributed by atoms with Crippen LogP contribution in [0.15, 0.2) is 213 Å². The van der Waals surface area contributed by atoms with Crippen LogP contribution in [0.5, 0.6) is 17.2 Å². The lowest BCUT2D eigenvalue weighted by Gasteiger charge is -2.26. The fourth-order valence-electron chi connectivity index (χ4n) is 9.52. The normalized spacial score (nSPS) is 13.7. The summed E-state index contributed by atoms with van der Waals surface area (Å²) < 4.78 is 18.1. The quantitative estimate of drug-likeness (QED) is 0.0192. The van der Waals surface area contributed by atoms with Crippen LogP contribution in [0.3, 0.4) is 0 Å². The molecule has 0 aliphatic carbocycles. The smallest absolute Gasteiger partial charge is 0.312 e. The summed E-state index contributed by atoms with van der Waals surface area (Å²) in [6.07, 6.45) is 65.1. The summed E-state index contributed by atoms with van der Waals surface area (Å²) in [4.78, 5) is 70.1. The molecule has 0 unspecified atom stereocenters. The van der Waals surface area contributed by atoms with Crippen LogP contribution < -0.4 is 24.8 Å². The number of nitrogens with one attached hydrogen (secondary N) is 2. The number of benzene rings is 3. The van der Waals surface area contributed by atoms with Gasteiger partial charge < -0.3 is 24.8 Å². The summed E-state index contributed by atoms with van der Waals surface area (Å²) in [6.45, 7) is 8.08. The number of allylic oxidation sites excluding steroid dienone is 24. The Kier molecular flexibility index (Phi) is 37.8. The maximum Gasteiger partial charge on any atom is 0.312 e. The maximum absolute atomic E-state index is 15.0. The molecule has 1 aliphatic rings. The van der Waals surface area contributed by atoms with Crippen LogP contribution in [0.4, 0.5) is 0 Å². The minimum absolute atomic E-state index is 0.00207. The lowest BCUT2D eigenvalue weighted by atomic mass is 9.95. The Morgan fingerprint density at radius 1 is 0.478 bits per heavy atom. The molecule has 2 heterocycles. The SMILES string of the molecule is CC/C=C\C/C=C\C/C=C\C/C=C\C/C=C\C/C=C\CCC(=O)NCCC(=O)Oc1ccc2c(C(=O)c3ccc(OCCN4CCCCC4)cc3)c(/C(=C/C/C=C\C/C=C\C/C=C\C/C=C\C/C=C\CC)CCC(=O)NCCC(=O)Oc3ccccc3)sc2c1. The van der Waals surface area contributed by atoms with Crippen molar-refractivity contribution in [3.8, 4) is 17.2 Å². The average Bonchev–Trinajstić information content (AvgIpc) is 1.85. The Bertz CT molecular complexity index is 3140. The zero-order valence-corrected chi connectivity index (χ0v) is 54.2. The van der Waals surface area contributed by atoms with E-state index in [4.69, 9.17) is 14.2 Å². The third-order valence-corrected chi connectivity index (χ3v) is 15.6. The number of hydrogen-bond donors (Lipinski definition) is 2. The molecule has 1 aromatic heterocycles. The van der Waals surface area contributed by atoms with E-state index in [-0.39, 0.29) is 49.9 Å². The molecule has 0 radical (unpaired) electrons. The Morgan fingerprint density at radius 2 is 0.944 bits per heavy atom. The van der Waals surface area contributed by atoms with Crippen LogP contribution in [0.25, 0.3) is 15.7 Å². The molecule has 5 rings (SSSR count). The van der Waals surface area contributed by atoms with E-state index in [2.05, 4.69) is 163 Å². The lowest BCUT2D eigenvalue weighted by molar-refractivity contribution is -0.135. The highest BCUT2D eigenvalue weighted by molar-refractivity contribution is 7.20. The number of carbonyl (C=O) groups excluding carboxylic acids is 5. The van der Waals surface area contributed by atoms with Crippen molar-refractivity contribution in [1.82, 2.24) is 15.5 Å². The van der Waals surface area contributed by atoms with Gasteiger partial charge in [-0.3, -0.25) is 28.9 Å². The second kappa shape index (κ2) is 46.9. The molecule has 90 heavy (non-hydrogen) atoms. The van der Waals surface area contributed by atoms with Crippen molar-refractivity contribution in [2.45, 2.75) is 149 Å². The first kappa shape index (κ1) is 72.6. The van der Waals surface area contributed by atoms with Crippen LogP contribution in [-0.4, -0.2) is 73.8 Å². The van der Waals surface area contributed by atoms with E-state index in [1.807, 2.05) is 30.3 Å². The van der Waals surface area contributed by atoms with Crippen LogP contribution in [0.1, 0.15) is 169 Å². The minimum atomic E-state index is -0.505. The molecule has 2 amide bonds. The largest absolute Gasteiger partial charge is 0.492 e. The first-order valence-corrected chi connectivity index (χ1v) is 33.5. The molecule has 2 N–H and O–H groups in total. The molecule has 4 aromatic rings. The number of esters is 2. The second-order valence-corrected chi connectivity index (χ2v) is 22.7. The Morgan fingerprint density at radius 3 is 1.47 bits per heavy atom. The van der Waals surface area contributed by atoms with Crippen molar-refractivity contribution in [2.24, 2.45) is 0 Å². The summed E-state index contributed by atoms with van der Waals surface area (Å²) in [5.74, 6) is -0.116. The van der Waals surface area contributed by atoms with Gasteiger partial charge in [0.15, 0.2) is 5.78 Å². The number of para-hydroxylation sites is 1. The van der Waals surface area contributed by atoms with Crippen molar-refractivity contribution in [1.29, 1.82) is 0 Å². The van der Waals surface area contributed by atoms with Gasteiger partial charge in [-0.15, -0.1) is 11.3 Å². The molecule has 11 nitrogen and oxygen atoms in total. The van der Waals surface area contributed by atoms with Gasteiger partial charge >= 0.3 is 11.9 Å². The lowest BCUT2D eigenvalue weighted by Crippen LogP contribution is -2.33. The maximum atomic E-state index is 15.0. The number of ether oxygens (including phenoxy) is 3. The summed E-state index contributed by atoms with van der Waals surface area (Å²) in [5, 5.41) is 6.40. The van der Waals surface area contributed by atoms with Gasteiger partial charge in [-0.05, 0) is 176 Å². The van der Waals surface area contributed by atoms with Gasteiger partial charge in [0.1, 0.15) is 23.9 Å². The van der Waals surface area contributed by atoms with Gasteiger partial charge in [0.25, 0.3) is 0 Å². The van der Waals surface area contributed by atoms with Crippen molar-refractivity contribution in [3.63, 3.8) is 0 Å². The molecular formula is C78H97N3O8S. The Labute approximate surface area is 541 Å². The zero-order chi connectivity index (χ0) is 63.7. The van der Waals surface area contributed by atoms with Gasteiger partial charge in [0.2, 0.25) is 11.8 Å². The standard InChI is InChI=1S/C78H97N3O8S/c1-3-5-7-9-11-13-15-17-19-21-22-23-25-27-29-31-33-35-41-47-72(82)79-58-57-75(85)89-69-53-54-70-71(64-69)90-78(76(70)77(86)65-48-51-67(52-49-65)87-63-62-81-60-42-37-43-61-81)66(50-55-73(83)80-59-56-74(84)88-68-45-39-36-40-46-68)44-38-34-32-30-28-26-24-20-18-16-14-12-10-8-6-4-2/h5-8,11-14,17-20,22-23,26-29,32-36,39-40,44-46,48-49,51-54,64H,3-4,9-10,15-16,21,24-25,30-31,37-38,41-43,47,50,55-63H2,1-2H3,(H,79,82)(H,80,83)/b7-5-,8-6-,13-11-,14-12-,19-17-,20-18-,23-22-,28-26-,29-27-,34-32-,35-33-,66-44+. The first-order valence-electron chi connectivity index (χ1n) is 32.6. The van der Waals surface area contributed by atoms with E-state index >= 15 is 0 Å². The number of thiophene rings is 1. The number of nitrogens with zero attached hydrogens (tertiary/aromatic N) is 1. The summed E-state index contributed by atoms with van der Waals surface area (Å²) in [6, 6.07) is 21.3. The Balaban J connectivity index is 1.23. The van der Waals surface area contributed by atoms with Crippen LogP contribution >= 0.6 is 11.3 Å². The monoisotopic (exact) mass is 1240 g/mol. The number of carbonyl (C=O) groups is 5. The van der Waals surface area contributed by atoms with Crippen molar-refractivity contribution < 1.29 is 38.2 Å². The summed E-state index contributed by atoms with van der Waals surface area (Å²) in [7, 11) is 0. The molecule has 12 heteroatoms. The molecule has 1 fully saturated rings. The van der Waals surface area contributed by atoms with Crippen LogP contribution in [0.2, 0.25) is 0 Å². The third kappa shape index (κ3) is 31.8. The van der Waals surface area contributed by atoms with Gasteiger partial charge in [-0.2, -0.15) is 0 Å². The minimum Gasteiger partial charge on any atom is -0.492 e. The fourth-order valence-corrected chi connectivity index (χ4v) is 10.8. The molecule has 478 valence electrons. The van der Waals surface area contributed by atoms with E-state index in [0.29, 0.717) is 70.9 Å². The average molecular weight is 1240 g/mol. The molecule has 0 atom stereocenters. The molecule has 0 saturated carbocycles. The van der Waals surface area contributed by atoms with Crippen molar-refractivity contribution in [3.05, 3.63) is 229 Å². The van der Waals surface area contributed by atoms with Gasteiger partial charge in [-0.1, -0.05) is 178 Å². The third-order valence-electron chi connectivity index (χ3n) is 14.3. The van der Waals surface area contributed by atoms with E-state index in [9.17, 15) is 24.0 Å². The zero-order valence-electron chi connectivity index (χ0n) is 53.4. The van der Waals surface area contributed by atoms with Gasteiger partial charge in [-0.25, -0.2) is 0 Å². The number of hydrogen-bond acceptors (Lipinski definition) is 10. The van der Waals surface area contributed by atoms with Gasteiger partial charge in [0.05, 0.1) is 12.8 Å². The van der Waals surface area contributed by atoms with E-state index in [0.717, 1.165) is 101 Å². The molecule has 0 spiro atoms. The van der Waals surface area contributed by atoms with Crippen molar-refractivity contribution >= 4 is 56.5 Å². The first-order chi connectivity index (χ1) is 44.2. The Hall–Kier alpha value is -8.19. The van der Waals surface area contributed by atoms with Gasteiger partial charge in [0, 0.05) is 58.6 Å². The van der Waals surface area contributed by atoms with Crippen molar-refractivity contribution in [2.75, 3.05) is 39.3 Å². The number of amides is 2. The molecule has 0 bridgehead atoms. The fraction of sp³-hybridized carbons (Fsp3) is 0.372. The highest BCUT2D eigenvalue weighted by atomic mass is 32.1. The number of likely N-dealkylation sites (tertiary alicyclic amines) is 1. The molecule has 1 aliphatic heterocycles. The highest BCUT2D eigenvalue weighted by Crippen LogP contribution is 2.41. The van der Waals surface area contributed by atoms with Crippen LogP contribution in [0, 0.1) is 0 Å².